The second-order valence-electron chi connectivity index (χ2n) is 4.97. The van der Waals surface area contributed by atoms with E-state index >= 15 is 0 Å². The highest BCUT2D eigenvalue weighted by Gasteiger charge is 2.44. The maximum atomic E-state index is 10.9. The molecule has 0 heterocycles. The third kappa shape index (κ3) is 5.45. The number of carbonyl (C=O) groups excluding carboxylic acids is 1. The summed E-state index contributed by atoms with van der Waals surface area (Å²) in [5.74, 6) is -1.23. The van der Waals surface area contributed by atoms with E-state index in [1.165, 1.54) is 33.1 Å². The van der Waals surface area contributed by atoms with Crippen molar-refractivity contribution < 1.29 is 13.4 Å². The van der Waals surface area contributed by atoms with Crippen molar-refractivity contribution in [3.8, 4) is 0 Å². The van der Waals surface area contributed by atoms with E-state index in [1.54, 1.807) is 0 Å². The summed E-state index contributed by atoms with van der Waals surface area (Å²) in [6.45, 7) is 5.57. The molecule has 0 fully saturated rings. The highest BCUT2D eigenvalue weighted by Crippen LogP contribution is 2.32. The van der Waals surface area contributed by atoms with Gasteiger partial charge in [0.15, 0.2) is 29.1 Å². The van der Waals surface area contributed by atoms with Crippen LogP contribution < -0.4 is 5.11 Å². The molecule has 0 aromatic carbocycles. The van der Waals surface area contributed by atoms with Gasteiger partial charge in [0, 0.05) is 0 Å². The van der Waals surface area contributed by atoms with E-state index < -0.39 is 15.0 Å². The molecule has 5 heteroatoms. The van der Waals surface area contributed by atoms with Crippen LogP contribution in [0.2, 0.25) is 0 Å². The van der Waals surface area contributed by atoms with Gasteiger partial charge in [0.1, 0.15) is 12.5 Å². The van der Waals surface area contributed by atoms with Crippen molar-refractivity contribution in [3.05, 3.63) is 0 Å². The molecule has 0 bridgehead atoms. The first kappa shape index (κ1) is 17.0. The van der Waals surface area contributed by atoms with Crippen molar-refractivity contribution in [2.45, 2.75) is 64.8 Å². The van der Waals surface area contributed by atoms with Crippen molar-refractivity contribution in [2.75, 3.05) is 6.54 Å². The van der Waals surface area contributed by atoms with Crippen LogP contribution in [0.1, 0.15) is 59.3 Å². The summed E-state index contributed by atoms with van der Waals surface area (Å²) >= 11 is 12.1. The lowest BCUT2D eigenvalue weighted by atomic mass is 10.1. The number of aliphatic carboxylic acids is 1. The van der Waals surface area contributed by atoms with E-state index in [9.17, 15) is 9.90 Å². The Labute approximate surface area is 115 Å². The molecule has 0 aliphatic heterocycles. The van der Waals surface area contributed by atoms with Gasteiger partial charge in [0.05, 0.1) is 0 Å². The fourth-order valence-electron chi connectivity index (χ4n) is 1.50. The summed E-state index contributed by atoms with van der Waals surface area (Å²) in [5.41, 5.74) is -1.29. The SMILES string of the molecule is CCCCCCCC[N+](Cl)(Cl)C(C)(C)C(=O)[O-]. The van der Waals surface area contributed by atoms with E-state index in [4.69, 9.17) is 23.6 Å². The molecule has 102 valence electrons. The van der Waals surface area contributed by atoms with Gasteiger partial charge in [0.25, 0.3) is 0 Å². The lowest BCUT2D eigenvalue weighted by molar-refractivity contribution is -0.745. The number of carboxylic acid groups (broad SMARTS) is 1. The maximum absolute atomic E-state index is 10.9. The third-order valence-electron chi connectivity index (χ3n) is 3.11. The van der Waals surface area contributed by atoms with Crippen LogP contribution in [-0.4, -0.2) is 21.6 Å². The predicted molar refractivity (Wildman–Crippen MR) is 69.3 cm³/mol. The van der Waals surface area contributed by atoms with Crippen molar-refractivity contribution in [1.29, 1.82) is 0 Å². The molecular formula is C12H23Cl2NO2. The first-order valence-electron chi connectivity index (χ1n) is 6.24. The number of hydrogen-bond acceptors (Lipinski definition) is 2. The van der Waals surface area contributed by atoms with Crippen LogP contribution in [0, 0.1) is 0 Å². The van der Waals surface area contributed by atoms with E-state index in [1.807, 2.05) is 0 Å². The van der Waals surface area contributed by atoms with Crippen molar-refractivity contribution >= 4 is 29.5 Å². The Hall–Kier alpha value is 0.01000. The van der Waals surface area contributed by atoms with Gasteiger partial charge in [-0.15, -0.1) is 3.52 Å². The minimum absolute atomic E-state index is 0.427. The molecule has 0 atom stereocenters. The number of halogens is 2. The second-order valence-corrected chi connectivity index (χ2v) is 6.30. The average Bonchev–Trinajstić information content (AvgIpc) is 2.22. The summed E-state index contributed by atoms with van der Waals surface area (Å²) in [6, 6.07) is 0. The molecule has 0 rings (SSSR count). The van der Waals surface area contributed by atoms with E-state index in [2.05, 4.69) is 6.92 Å². The van der Waals surface area contributed by atoms with Crippen LogP contribution >= 0.6 is 23.6 Å². The van der Waals surface area contributed by atoms with Gasteiger partial charge in [-0.3, -0.25) is 0 Å². The highest BCUT2D eigenvalue weighted by atomic mass is 35.5. The Kier molecular flexibility index (Phi) is 7.45. The lowest BCUT2D eigenvalue weighted by Crippen LogP contribution is -2.59. The molecule has 0 unspecified atom stereocenters. The molecule has 0 spiro atoms. The topological polar surface area (TPSA) is 40.1 Å². The van der Waals surface area contributed by atoms with Crippen LogP contribution in [0.3, 0.4) is 0 Å². The van der Waals surface area contributed by atoms with Gasteiger partial charge in [-0.25, -0.2) is 0 Å². The quantitative estimate of drug-likeness (QED) is 0.482. The van der Waals surface area contributed by atoms with E-state index in [0.717, 1.165) is 19.3 Å². The summed E-state index contributed by atoms with van der Waals surface area (Å²) in [5, 5.41) is 10.9. The van der Waals surface area contributed by atoms with Crippen LogP contribution in [-0.2, 0) is 4.79 Å². The number of carboxylic acids is 1. The van der Waals surface area contributed by atoms with Crippen molar-refractivity contribution in [3.63, 3.8) is 0 Å². The number of hydrogen-bond donors (Lipinski definition) is 0. The minimum Gasteiger partial charge on any atom is -0.544 e. The first-order valence-corrected chi connectivity index (χ1v) is 6.92. The molecule has 0 aliphatic carbocycles. The van der Waals surface area contributed by atoms with Crippen LogP contribution in [0.4, 0.5) is 0 Å². The zero-order valence-corrected chi connectivity index (χ0v) is 12.5. The minimum atomic E-state index is -1.29. The molecule has 0 aromatic rings. The summed E-state index contributed by atoms with van der Waals surface area (Å²) < 4.78 is -0.566. The predicted octanol–water partition coefficient (Wildman–Crippen LogP) is 3.00. The van der Waals surface area contributed by atoms with Gasteiger partial charge in [-0.1, -0.05) is 32.6 Å². The number of carbonyl (C=O) groups is 1. The Morgan fingerprint density at radius 1 is 1.12 bits per heavy atom. The number of quaternary nitrogens is 1. The zero-order chi connectivity index (χ0) is 13.5. The molecule has 0 aliphatic rings. The van der Waals surface area contributed by atoms with Gasteiger partial charge < -0.3 is 9.90 Å². The number of unbranched alkanes of at least 4 members (excludes halogenated alkanes) is 5. The van der Waals surface area contributed by atoms with Crippen molar-refractivity contribution in [1.82, 2.24) is 0 Å². The fraction of sp³-hybridized carbons (Fsp3) is 0.917. The molecule has 0 saturated carbocycles. The Balaban J connectivity index is 3.98. The summed E-state index contributed by atoms with van der Waals surface area (Å²) in [7, 11) is 0. The van der Waals surface area contributed by atoms with Gasteiger partial charge in [-0.2, -0.15) is 0 Å². The van der Waals surface area contributed by atoms with E-state index in [0.29, 0.717) is 6.54 Å². The molecule has 0 radical (unpaired) electrons. The Morgan fingerprint density at radius 3 is 2.06 bits per heavy atom. The summed E-state index contributed by atoms with van der Waals surface area (Å²) in [6.07, 6.45) is 6.67. The molecular weight excluding hydrogens is 261 g/mol. The Morgan fingerprint density at radius 2 is 1.59 bits per heavy atom. The summed E-state index contributed by atoms with van der Waals surface area (Å²) in [4.78, 5) is 10.9. The normalized spacial score (nSPS) is 12.8. The van der Waals surface area contributed by atoms with Gasteiger partial charge in [0.2, 0.25) is 0 Å². The van der Waals surface area contributed by atoms with Crippen LogP contribution in [0.25, 0.3) is 0 Å². The van der Waals surface area contributed by atoms with Gasteiger partial charge >= 0.3 is 0 Å². The lowest BCUT2D eigenvalue weighted by Gasteiger charge is -2.36. The van der Waals surface area contributed by atoms with Crippen LogP contribution in [0.15, 0.2) is 0 Å². The van der Waals surface area contributed by atoms with Crippen molar-refractivity contribution in [2.24, 2.45) is 0 Å². The highest BCUT2D eigenvalue weighted by molar-refractivity contribution is 6.24. The maximum Gasteiger partial charge on any atom is 0.187 e. The number of rotatable bonds is 9. The molecule has 17 heavy (non-hydrogen) atoms. The molecule has 0 saturated heterocycles. The molecule has 0 aromatic heterocycles. The smallest absolute Gasteiger partial charge is 0.187 e. The van der Waals surface area contributed by atoms with E-state index in [-0.39, 0.29) is 0 Å². The monoisotopic (exact) mass is 283 g/mol. The molecule has 0 N–H and O–H groups in total. The van der Waals surface area contributed by atoms with Gasteiger partial charge in [-0.05, 0) is 26.7 Å². The number of nitrogens with zero attached hydrogens (tertiary/aromatic N) is 1. The standard InChI is InChI=1S/C12H23Cl2NO2/c1-4-5-6-7-8-9-10-15(13,14)12(2,3)11(16)17/h4-10H2,1-3H3. The van der Waals surface area contributed by atoms with Crippen LogP contribution in [0.5, 0.6) is 0 Å². The molecule has 0 amide bonds. The molecule has 3 nitrogen and oxygen atoms in total. The fourth-order valence-corrected chi connectivity index (χ4v) is 1.88. The first-order chi connectivity index (χ1) is 7.75. The Bertz CT molecular complexity index is 243. The third-order valence-corrected chi connectivity index (χ3v) is 4.29. The second kappa shape index (κ2) is 7.45. The average molecular weight is 284 g/mol. The largest absolute Gasteiger partial charge is 0.544 e. The zero-order valence-electron chi connectivity index (χ0n) is 11.0.